The Bertz CT molecular complexity index is 963. The van der Waals surface area contributed by atoms with E-state index in [1.807, 2.05) is 19.1 Å². The number of nitrogens with one attached hydrogen (secondary N) is 1. The van der Waals surface area contributed by atoms with Crippen LogP contribution in [0.25, 0.3) is 11.6 Å². The van der Waals surface area contributed by atoms with E-state index >= 15 is 0 Å². The number of carbonyl (C=O) groups excluding carboxylic acids is 1. The summed E-state index contributed by atoms with van der Waals surface area (Å²) in [5, 5.41) is 7.25. The molecule has 2 aromatic heterocycles. The SMILES string of the molecule is Cc1ccc(C(=O)NCCn2nc(-c3ccco3)n(C3CC3)c2=O)cc1. The molecule has 26 heavy (non-hydrogen) atoms. The van der Waals surface area contributed by atoms with Crippen molar-refractivity contribution < 1.29 is 9.21 Å². The average Bonchev–Trinajstić information content (AvgIpc) is 3.21. The van der Waals surface area contributed by atoms with Crippen molar-refractivity contribution in [1.29, 1.82) is 0 Å². The van der Waals surface area contributed by atoms with Crippen molar-refractivity contribution in [1.82, 2.24) is 19.7 Å². The van der Waals surface area contributed by atoms with Crippen LogP contribution in [0.4, 0.5) is 0 Å². The van der Waals surface area contributed by atoms with Gasteiger partial charge in [0, 0.05) is 18.2 Å². The van der Waals surface area contributed by atoms with Gasteiger partial charge in [0.1, 0.15) is 0 Å². The van der Waals surface area contributed by atoms with Gasteiger partial charge in [0.25, 0.3) is 5.91 Å². The van der Waals surface area contributed by atoms with Crippen LogP contribution in [0.5, 0.6) is 0 Å². The molecule has 1 fully saturated rings. The molecule has 3 aromatic rings. The molecule has 0 radical (unpaired) electrons. The molecule has 2 heterocycles. The number of aryl methyl sites for hydroxylation is 1. The van der Waals surface area contributed by atoms with Crippen LogP contribution in [0.2, 0.25) is 0 Å². The minimum Gasteiger partial charge on any atom is -0.461 e. The first kappa shape index (κ1) is 16.4. The molecule has 7 nitrogen and oxygen atoms in total. The van der Waals surface area contributed by atoms with Crippen LogP contribution in [-0.2, 0) is 6.54 Å². The Kier molecular flexibility index (Phi) is 4.20. The van der Waals surface area contributed by atoms with E-state index in [1.54, 1.807) is 35.1 Å². The molecule has 0 saturated heterocycles. The summed E-state index contributed by atoms with van der Waals surface area (Å²) in [5.74, 6) is 0.967. The van der Waals surface area contributed by atoms with Crippen LogP contribution in [0.1, 0.15) is 34.8 Å². The second-order valence-corrected chi connectivity index (χ2v) is 6.53. The molecule has 7 heteroatoms. The number of nitrogens with zero attached hydrogens (tertiary/aromatic N) is 3. The first-order chi connectivity index (χ1) is 12.6. The molecule has 134 valence electrons. The summed E-state index contributed by atoms with van der Waals surface area (Å²) in [7, 11) is 0. The second kappa shape index (κ2) is 6.67. The molecule has 1 aliphatic rings. The summed E-state index contributed by atoms with van der Waals surface area (Å²) in [4.78, 5) is 24.8. The summed E-state index contributed by atoms with van der Waals surface area (Å²) in [6.45, 7) is 2.61. The molecule has 0 bridgehead atoms. The van der Waals surface area contributed by atoms with Crippen molar-refractivity contribution in [3.63, 3.8) is 0 Å². The largest absolute Gasteiger partial charge is 0.461 e. The van der Waals surface area contributed by atoms with Crippen LogP contribution < -0.4 is 11.0 Å². The number of hydrogen-bond acceptors (Lipinski definition) is 4. The molecule has 4 rings (SSSR count). The van der Waals surface area contributed by atoms with Crippen LogP contribution in [0.3, 0.4) is 0 Å². The number of furan rings is 1. The van der Waals surface area contributed by atoms with Gasteiger partial charge >= 0.3 is 5.69 Å². The minimum absolute atomic E-state index is 0.161. The monoisotopic (exact) mass is 352 g/mol. The van der Waals surface area contributed by atoms with Gasteiger partial charge in [-0.1, -0.05) is 17.7 Å². The van der Waals surface area contributed by atoms with Crippen molar-refractivity contribution in [2.45, 2.75) is 32.4 Å². The molecule has 1 aliphatic carbocycles. The highest BCUT2D eigenvalue weighted by Crippen LogP contribution is 2.36. The number of carbonyl (C=O) groups is 1. The number of aromatic nitrogens is 3. The molecular weight excluding hydrogens is 332 g/mol. The van der Waals surface area contributed by atoms with Crippen molar-refractivity contribution in [2.75, 3.05) is 6.54 Å². The van der Waals surface area contributed by atoms with E-state index in [4.69, 9.17) is 4.42 Å². The fourth-order valence-corrected chi connectivity index (χ4v) is 2.88. The topological polar surface area (TPSA) is 82.1 Å². The zero-order valence-electron chi connectivity index (χ0n) is 14.5. The Morgan fingerprint density at radius 3 is 2.69 bits per heavy atom. The van der Waals surface area contributed by atoms with Crippen LogP contribution >= 0.6 is 0 Å². The zero-order chi connectivity index (χ0) is 18.1. The van der Waals surface area contributed by atoms with Crippen LogP contribution in [0.15, 0.2) is 51.9 Å². The Morgan fingerprint density at radius 2 is 2.04 bits per heavy atom. The Hall–Kier alpha value is -3.09. The minimum atomic E-state index is -0.163. The maximum Gasteiger partial charge on any atom is 0.346 e. The zero-order valence-corrected chi connectivity index (χ0v) is 14.5. The quantitative estimate of drug-likeness (QED) is 0.738. The lowest BCUT2D eigenvalue weighted by Crippen LogP contribution is -2.32. The van der Waals surface area contributed by atoms with E-state index in [9.17, 15) is 9.59 Å². The summed E-state index contributed by atoms with van der Waals surface area (Å²) in [5.41, 5.74) is 1.54. The number of hydrogen-bond donors (Lipinski definition) is 1. The molecular formula is C19H20N4O3. The van der Waals surface area contributed by atoms with Crippen molar-refractivity contribution >= 4 is 5.91 Å². The lowest BCUT2D eigenvalue weighted by molar-refractivity contribution is 0.0951. The summed E-state index contributed by atoms with van der Waals surface area (Å²) in [6, 6.07) is 11.1. The first-order valence-electron chi connectivity index (χ1n) is 8.71. The maximum absolute atomic E-state index is 12.7. The maximum atomic E-state index is 12.7. The number of benzene rings is 1. The lowest BCUT2D eigenvalue weighted by atomic mass is 10.1. The average molecular weight is 352 g/mol. The molecule has 1 N–H and O–H groups in total. The number of amides is 1. The summed E-state index contributed by atoms with van der Waals surface area (Å²) in [6.07, 6.45) is 3.52. The normalized spacial score (nSPS) is 13.7. The van der Waals surface area contributed by atoms with Gasteiger partial charge in [-0.2, -0.15) is 0 Å². The Morgan fingerprint density at radius 1 is 1.27 bits per heavy atom. The van der Waals surface area contributed by atoms with E-state index in [0.29, 0.717) is 30.2 Å². The smallest absolute Gasteiger partial charge is 0.346 e. The number of rotatable bonds is 6. The molecule has 1 amide bonds. The molecule has 0 aliphatic heterocycles. The third-order valence-electron chi connectivity index (χ3n) is 4.45. The predicted molar refractivity (Wildman–Crippen MR) is 96.0 cm³/mol. The molecule has 1 aromatic carbocycles. The molecule has 1 saturated carbocycles. The highest BCUT2D eigenvalue weighted by atomic mass is 16.3. The third-order valence-corrected chi connectivity index (χ3v) is 4.45. The van der Waals surface area contributed by atoms with Crippen molar-refractivity contribution in [3.05, 3.63) is 64.3 Å². The van der Waals surface area contributed by atoms with Gasteiger partial charge in [-0.25, -0.2) is 9.48 Å². The molecule has 0 spiro atoms. The van der Waals surface area contributed by atoms with Crippen molar-refractivity contribution in [2.24, 2.45) is 0 Å². The van der Waals surface area contributed by atoms with Gasteiger partial charge in [-0.05, 0) is 44.0 Å². The van der Waals surface area contributed by atoms with Crippen LogP contribution in [-0.4, -0.2) is 26.8 Å². The highest BCUT2D eigenvalue weighted by Gasteiger charge is 2.31. The Labute approximate surface area is 150 Å². The fourth-order valence-electron chi connectivity index (χ4n) is 2.88. The van der Waals surface area contributed by atoms with E-state index in [2.05, 4.69) is 10.4 Å². The van der Waals surface area contributed by atoms with Crippen LogP contribution in [0, 0.1) is 6.92 Å². The Balaban J connectivity index is 1.47. The standard InChI is InChI=1S/C19H20N4O3/c1-13-4-6-14(7-5-13)18(24)20-10-11-22-19(25)23(15-8-9-15)17(21-22)16-3-2-12-26-16/h2-7,12,15H,8-11H2,1H3,(H,20,24). The van der Waals surface area contributed by atoms with Gasteiger partial charge in [0.05, 0.1) is 12.8 Å². The molecule has 0 unspecified atom stereocenters. The molecule has 0 atom stereocenters. The predicted octanol–water partition coefficient (Wildman–Crippen LogP) is 2.38. The third kappa shape index (κ3) is 3.20. The van der Waals surface area contributed by atoms with Gasteiger partial charge in [-0.15, -0.1) is 5.10 Å². The van der Waals surface area contributed by atoms with E-state index < -0.39 is 0 Å². The van der Waals surface area contributed by atoms with E-state index in [0.717, 1.165) is 18.4 Å². The van der Waals surface area contributed by atoms with Crippen molar-refractivity contribution in [3.8, 4) is 11.6 Å². The van der Waals surface area contributed by atoms with Gasteiger partial charge < -0.3 is 9.73 Å². The van der Waals surface area contributed by atoms with Gasteiger partial charge in [0.2, 0.25) is 5.82 Å². The highest BCUT2D eigenvalue weighted by molar-refractivity contribution is 5.94. The second-order valence-electron chi connectivity index (χ2n) is 6.53. The summed E-state index contributed by atoms with van der Waals surface area (Å²) >= 11 is 0. The first-order valence-corrected chi connectivity index (χ1v) is 8.71. The summed E-state index contributed by atoms with van der Waals surface area (Å²) < 4.78 is 8.50. The van der Waals surface area contributed by atoms with E-state index in [-0.39, 0.29) is 17.6 Å². The lowest BCUT2D eigenvalue weighted by Gasteiger charge is -2.05. The fraction of sp³-hybridized carbons (Fsp3) is 0.316. The van der Waals surface area contributed by atoms with E-state index in [1.165, 1.54) is 4.68 Å². The van der Waals surface area contributed by atoms with Gasteiger partial charge in [-0.3, -0.25) is 9.36 Å². The van der Waals surface area contributed by atoms with Gasteiger partial charge in [0.15, 0.2) is 5.76 Å².